The number of aromatic nitrogens is 4. The number of aromatic amines is 1. The second-order valence-corrected chi connectivity index (χ2v) is 7.40. The Bertz CT molecular complexity index is 824. The van der Waals surface area contributed by atoms with Crippen molar-refractivity contribution in [1.29, 1.82) is 0 Å². The zero-order valence-corrected chi connectivity index (χ0v) is 14.5. The summed E-state index contributed by atoms with van der Waals surface area (Å²) in [5.41, 5.74) is 0.973. The standard InChI is InChI=1S/C17H23N5O2/c1-10-8-14(23)20-16(18-10)22-13(9-12(21-22)17(2,3)4)19-15(24)11-6-5-7-11/h8-9,11H,5-7H2,1-4H3,(H,19,24)(H,18,20,23). The zero-order valence-electron chi connectivity index (χ0n) is 14.5. The highest BCUT2D eigenvalue weighted by molar-refractivity contribution is 5.92. The normalized spacial score (nSPS) is 15.2. The molecule has 1 fully saturated rings. The maximum atomic E-state index is 12.3. The molecule has 3 rings (SSSR count). The molecular weight excluding hydrogens is 306 g/mol. The van der Waals surface area contributed by atoms with E-state index >= 15 is 0 Å². The lowest BCUT2D eigenvalue weighted by Crippen LogP contribution is -2.29. The van der Waals surface area contributed by atoms with Gasteiger partial charge in [0.2, 0.25) is 11.9 Å². The minimum absolute atomic E-state index is 0.00198. The number of nitrogens with zero attached hydrogens (tertiary/aromatic N) is 3. The molecule has 0 atom stereocenters. The number of hydrogen-bond donors (Lipinski definition) is 2. The van der Waals surface area contributed by atoms with Crippen LogP contribution in [0.1, 0.15) is 51.4 Å². The van der Waals surface area contributed by atoms with Gasteiger partial charge in [-0.3, -0.25) is 14.6 Å². The number of carbonyl (C=O) groups is 1. The highest BCUT2D eigenvalue weighted by atomic mass is 16.2. The average Bonchev–Trinajstić information content (AvgIpc) is 2.79. The zero-order chi connectivity index (χ0) is 17.5. The van der Waals surface area contributed by atoms with Crippen LogP contribution in [-0.2, 0) is 10.2 Å². The van der Waals surface area contributed by atoms with Crippen molar-refractivity contribution in [3.63, 3.8) is 0 Å². The van der Waals surface area contributed by atoms with Crippen molar-refractivity contribution in [2.24, 2.45) is 5.92 Å². The molecule has 1 aliphatic carbocycles. The summed E-state index contributed by atoms with van der Waals surface area (Å²) in [6.07, 6.45) is 2.94. The highest BCUT2D eigenvalue weighted by Gasteiger charge is 2.28. The number of amides is 1. The van der Waals surface area contributed by atoms with Crippen molar-refractivity contribution in [2.75, 3.05) is 5.32 Å². The molecule has 0 bridgehead atoms. The Hall–Kier alpha value is -2.44. The molecule has 2 aromatic rings. The van der Waals surface area contributed by atoms with Crippen LogP contribution in [-0.4, -0.2) is 25.7 Å². The van der Waals surface area contributed by atoms with Gasteiger partial charge in [0.15, 0.2) is 0 Å². The van der Waals surface area contributed by atoms with Crippen molar-refractivity contribution >= 4 is 11.7 Å². The van der Waals surface area contributed by atoms with E-state index in [0.717, 1.165) is 25.0 Å². The maximum absolute atomic E-state index is 12.3. The van der Waals surface area contributed by atoms with Crippen LogP contribution in [0.4, 0.5) is 5.82 Å². The molecule has 7 heteroatoms. The third kappa shape index (κ3) is 3.25. The SMILES string of the molecule is Cc1cc(=O)[nH]c(-n2nc(C(C)(C)C)cc2NC(=O)C2CCC2)n1. The predicted molar refractivity (Wildman–Crippen MR) is 91.4 cm³/mol. The molecule has 2 heterocycles. The van der Waals surface area contributed by atoms with Crippen molar-refractivity contribution < 1.29 is 4.79 Å². The van der Waals surface area contributed by atoms with Crippen LogP contribution >= 0.6 is 0 Å². The predicted octanol–water partition coefficient (Wildman–Crippen LogP) is 2.30. The summed E-state index contributed by atoms with van der Waals surface area (Å²) in [5.74, 6) is 0.902. The van der Waals surface area contributed by atoms with Gasteiger partial charge in [-0.1, -0.05) is 27.2 Å². The fourth-order valence-corrected chi connectivity index (χ4v) is 2.56. The molecule has 7 nitrogen and oxygen atoms in total. The van der Waals surface area contributed by atoms with E-state index in [1.807, 2.05) is 26.8 Å². The Kier molecular flexibility index (Phi) is 4.03. The summed E-state index contributed by atoms with van der Waals surface area (Å²) in [6, 6.07) is 3.27. The molecule has 1 amide bonds. The first-order chi connectivity index (χ1) is 11.2. The number of anilines is 1. The van der Waals surface area contributed by atoms with Crippen molar-refractivity contribution in [1.82, 2.24) is 19.7 Å². The van der Waals surface area contributed by atoms with Crippen LogP contribution in [0.2, 0.25) is 0 Å². The fraction of sp³-hybridized carbons (Fsp3) is 0.529. The number of nitrogens with one attached hydrogen (secondary N) is 2. The Balaban J connectivity index is 2.03. The van der Waals surface area contributed by atoms with E-state index in [4.69, 9.17) is 0 Å². The Morgan fingerprint density at radius 2 is 2.04 bits per heavy atom. The van der Waals surface area contributed by atoms with E-state index in [1.165, 1.54) is 10.7 Å². The van der Waals surface area contributed by atoms with Crippen molar-refractivity contribution in [3.8, 4) is 5.95 Å². The lowest BCUT2D eigenvalue weighted by Gasteiger charge is -2.24. The van der Waals surface area contributed by atoms with Crippen LogP contribution < -0.4 is 10.9 Å². The molecule has 0 saturated heterocycles. The van der Waals surface area contributed by atoms with Crippen LogP contribution in [0.3, 0.4) is 0 Å². The number of carbonyl (C=O) groups excluding carboxylic acids is 1. The minimum Gasteiger partial charge on any atom is -0.310 e. The molecule has 128 valence electrons. The first-order valence-electron chi connectivity index (χ1n) is 8.24. The van der Waals surface area contributed by atoms with Crippen molar-refractivity contribution in [2.45, 2.75) is 52.4 Å². The minimum atomic E-state index is -0.249. The Labute approximate surface area is 140 Å². The van der Waals surface area contributed by atoms with Crippen LogP contribution in [0.25, 0.3) is 5.95 Å². The number of aryl methyl sites for hydroxylation is 1. The number of hydrogen-bond acceptors (Lipinski definition) is 4. The second kappa shape index (κ2) is 5.89. The van der Waals surface area contributed by atoms with Gasteiger partial charge in [0.1, 0.15) is 5.82 Å². The summed E-state index contributed by atoms with van der Waals surface area (Å²) in [4.78, 5) is 31.1. The summed E-state index contributed by atoms with van der Waals surface area (Å²) < 4.78 is 1.51. The summed E-state index contributed by atoms with van der Waals surface area (Å²) in [5, 5.41) is 7.50. The number of rotatable bonds is 3. The molecule has 0 spiro atoms. The fourth-order valence-electron chi connectivity index (χ4n) is 2.56. The van der Waals surface area contributed by atoms with Gasteiger partial charge in [-0.25, -0.2) is 4.98 Å². The Morgan fingerprint density at radius 3 is 2.58 bits per heavy atom. The van der Waals surface area contributed by atoms with Gasteiger partial charge in [0, 0.05) is 29.2 Å². The Morgan fingerprint density at radius 1 is 1.33 bits per heavy atom. The van der Waals surface area contributed by atoms with E-state index < -0.39 is 0 Å². The number of H-pyrrole nitrogens is 1. The lowest BCUT2D eigenvalue weighted by molar-refractivity contribution is -0.122. The third-order valence-corrected chi connectivity index (χ3v) is 4.26. The van der Waals surface area contributed by atoms with Crippen LogP contribution in [0.5, 0.6) is 0 Å². The van der Waals surface area contributed by atoms with Crippen LogP contribution in [0, 0.1) is 12.8 Å². The summed E-state index contributed by atoms with van der Waals surface area (Å²) >= 11 is 0. The maximum Gasteiger partial charge on any atom is 0.252 e. The molecule has 0 radical (unpaired) electrons. The summed E-state index contributed by atoms with van der Waals surface area (Å²) in [6.45, 7) is 7.89. The molecular formula is C17H23N5O2. The van der Waals surface area contributed by atoms with Gasteiger partial charge in [-0.05, 0) is 19.8 Å². The van der Waals surface area contributed by atoms with Gasteiger partial charge in [-0.2, -0.15) is 9.78 Å². The first kappa shape index (κ1) is 16.4. The molecule has 0 aliphatic heterocycles. The quantitative estimate of drug-likeness (QED) is 0.903. The average molecular weight is 329 g/mol. The highest BCUT2D eigenvalue weighted by Crippen LogP contribution is 2.29. The van der Waals surface area contributed by atoms with Gasteiger partial charge in [0.25, 0.3) is 5.56 Å². The third-order valence-electron chi connectivity index (χ3n) is 4.26. The molecule has 1 saturated carbocycles. The van der Waals surface area contributed by atoms with E-state index in [0.29, 0.717) is 17.5 Å². The van der Waals surface area contributed by atoms with Gasteiger partial charge in [-0.15, -0.1) is 0 Å². The van der Waals surface area contributed by atoms with Gasteiger partial charge in [0.05, 0.1) is 5.69 Å². The largest absolute Gasteiger partial charge is 0.310 e. The molecule has 0 aromatic carbocycles. The smallest absolute Gasteiger partial charge is 0.252 e. The van der Waals surface area contributed by atoms with Crippen molar-refractivity contribution in [3.05, 3.63) is 33.9 Å². The molecule has 2 N–H and O–H groups in total. The van der Waals surface area contributed by atoms with Gasteiger partial charge >= 0.3 is 0 Å². The topological polar surface area (TPSA) is 92.7 Å². The van der Waals surface area contributed by atoms with E-state index in [9.17, 15) is 9.59 Å². The second-order valence-electron chi connectivity index (χ2n) is 7.40. The van der Waals surface area contributed by atoms with E-state index in [1.54, 1.807) is 6.92 Å². The molecule has 1 aliphatic rings. The van der Waals surface area contributed by atoms with Gasteiger partial charge < -0.3 is 5.32 Å². The molecule has 0 unspecified atom stereocenters. The first-order valence-corrected chi connectivity index (χ1v) is 8.24. The van der Waals surface area contributed by atoms with E-state index in [-0.39, 0.29) is 22.8 Å². The monoisotopic (exact) mass is 329 g/mol. The molecule has 24 heavy (non-hydrogen) atoms. The van der Waals surface area contributed by atoms with Crippen LogP contribution in [0.15, 0.2) is 16.9 Å². The lowest BCUT2D eigenvalue weighted by atomic mass is 9.85. The van der Waals surface area contributed by atoms with E-state index in [2.05, 4.69) is 20.4 Å². The summed E-state index contributed by atoms with van der Waals surface area (Å²) in [7, 11) is 0. The molecule has 2 aromatic heterocycles.